The second-order valence-corrected chi connectivity index (χ2v) is 4.90. The minimum atomic E-state index is 0.568. The lowest BCUT2D eigenvalue weighted by atomic mass is 9.89. The van der Waals surface area contributed by atoms with E-state index in [1.807, 2.05) is 0 Å². The molecule has 2 fully saturated rings. The van der Waals surface area contributed by atoms with Gasteiger partial charge in [0, 0.05) is 12.5 Å². The Kier molecular flexibility index (Phi) is 4.26. The van der Waals surface area contributed by atoms with Gasteiger partial charge in [-0.15, -0.1) is 0 Å². The molecule has 1 atom stereocenters. The largest absolute Gasteiger partial charge is 0.372 e. The summed E-state index contributed by atoms with van der Waals surface area (Å²) in [4.78, 5) is 0. The molecule has 1 saturated carbocycles. The van der Waals surface area contributed by atoms with Crippen molar-refractivity contribution in [2.24, 2.45) is 5.92 Å². The van der Waals surface area contributed by atoms with Crippen molar-refractivity contribution in [1.82, 2.24) is 0 Å². The molecule has 1 aliphatic heterocycles. The van der Waals surface area contributed by atoms with Gasteiger partial charge in [-0.05, 0) is 25.7 Å². The highest BCUT2D eigenvalue weighted by molar-refractivity contribution is 4.65. The summed E-state index contributed by atoms with van der Waals surface area (Å²) >= 11 is 0. The maximum Gasteiger partial charge on any atom is 0.106 e. The molecule has 0 aromatic carbocycles. The zero-order chi connectivity index (χ0) is 9.64. The van der Waals surface area contributed by atoms with Crippen molar-refractivity contribution in [3.63, 3.8) is 0 Å². The number of nitrogens with two attached hydrogens (primary N) is 1. The van der Waals surface area contributed by atoms with Crippen molar-refractivity contribution in [1.29, 1.82) is 0 Å². The average molecular weight is 198 g/mol. The van der Waals surface area contributed by atoms with Gasteiger partial charge in [0.05, 0.1) is 6.54 Å². The lowest BCUT2D eigenvalue weighted by molar-refractivity contribution is -0.666. The smallest absolute Gasteiger partial charge is 0.106 e. The van der Waals surface area contributed by atoms with Crippen LogP contribution in [-0.4, -0.2) is 25.8 Å². The molecule has 0 radical (unpaired) electrons. The van der Waals surface area contributed by atoms with E-state index in [-0.39, 0.29) is 0 Å². The van der Waals surface area contributed by atoms with Crippen LogP contribution in [0.5, 0.6) is 0 Å². The maximum absolute atomic E-state index is 5.61. The van der Waals surface area contributed by atoms with Crippen molar-refractivity contribution in [3.05, 3.63) is 0 Å². The predicted molar refractivity (Wildman–Crippen MR) is 57.2 cm³/mol. The first-order valence-electron chi connectivity index (χ1n) is 6.38. The van der Waals surface area contributed by atoms with Crippen LogP contribution < -0.4 is 5.32 Å². The van der Waals surface area contributed by atoms with Crippen molar-refractivity contribution >= 4 is 0 Å². The Morgan fingerprint density at radius 3 is 2.50 bits per heavy atom. The van der Waals surface area contributed by atoms with Crippen molar-refractivity contribution in [3.8, 4) is 0 Å². The van der Waals surface area contributed by atoms with E-state index in [0.29, 0.717) is 6.10 Å². The van der Waals surface area contributed by atoms with Crippen LogP contribution in [0.25, 0.3) is 0 Å². The average Bonchev–Trinajstić information content (AvgIpc) is 2.72. The van der Waals surface area contributed by atoms with Crippen LogP contribution in [0.3, 0.4) is 0 Å². The van der Waals surface area contributed by atoms with Crippen LogP contribution in [0.4, 0.5) is 0 Å². The second-order valence-electron chi connectivity index (χ2n) is 4.90. The molecule has 2 nitrogen and oxygen atoms in total. The molecule has 1 heterocycles. The van der Waals surface area contributed by atoms with Crippen LogP contribution in [0.2, 0.25) is 0 Å². The first-order chi connectivity index (χ1) is 6.95. The number of rotatable bonds is 4. The topological polar surface area (TPSA) is 25.8 Å². The molecule has 1 saturated heterocycles. The summed E-state index contributed by atoms with van der Waals surface area (Å²) in [5.74, 6) is 1.00. The van der Waals surface area contributed by atoms with Gasteiger partial charge in [0.15, 0.2) is 0 Å². The Morgan fingerprint density at radius 1 is 0.929 bits per heavy atom. The molecule has 0 amide bonds. The fourth-order valence-corrected chi connectivity index (χ4v) is 2.77. The van der Waals surface area contributed by atoms with Crippen LogP contribution >= 0.6 is 0 Å². The Balaban J connectivity index is 1.52. The predicted octanol–water partition coefficient (Wildman–Crippen LogP) is 1.31. The van der Waals surface area contributed by atoms with Gasteiger partial charge in [-0.3, -0.25) is 0 Å². The third-order valence-electron chi connectivity index (χ3n) is 3.68. The lowest BCUT2D eigenvalue weighted by Crippen LogP contribution is -2.87. The SMILES string of the molecule is C1CCC(C[NH2+]C[C@@H]2CCCO2)CC1. The quantitative estimate of drug-likeness (QED) is 0.724. The van der Waals surface area contributed by atoms with E-state index in [0.717, 1.165) is 12.5 Å². The van der Waals surface area contributed by atoms with Gasteiger partial charge < -0.3 is 10.1 Å². The summed E-state index contributed by atoms with van der Waals surface area (Å²) in [7, 11) is 0. The summed E-state index contributed by atoms with van der Waals surface area (Å²) in [5, 5.41) is 2.49. The molecule has 2 rings (SSSR count). The van der Waals surface area contributed by atoms with E-state index >= 15 is 0 Å². The molecule has 14 heavy (non-hydrogen) atoms. The Labute approximate surface area is 87.4 Å². The maximum atomic E-state index is 5.61. The number of ether oxygens (including phenoxy) is 1. The Hall–Kier alpha value is -0.0800. The van der Waals surface area contributed by atoms with Crippen LogP contribution in [0.15, 0.2) is 0 Å². The zero-order valence-corrected chi connectivity index (χ0v) is 9.21. The summed E-state index contributed by atoms with van der Waals surface area (Å²) < 4.78 is 5.61. The van der Waals surface area contributed by atoms with Crippen LogP contribution in [-0.2, 0) is 4.74 Å². The Morgan fingerprint density at radius 2 is 1.79 bits per heavy atom. The van der Waals surface area contributed by atoms with Crippen molar-refractivity contribution in [2.45, 2.75) is 51.0 Å². The lowest BCUT2D eigenvalue weighted by Gasteiger charge is -2.20. The molecule has 0 unspecified atom stereocenters. The molecule has 2 N–H and O–H groups in total. The van der Waals surface area contributed by atoms with Gasteiger partial charge in [0.2, 0.25) is 0 Å². The Bertz CT molecular complexity index is 148. The number of hydrogen-bond donors (Lipinski definition) is 1. The summed E-state index contributed by atoms with van der Waals surface area (Å²) in [6.07, 6.45) is 10.5. The van der Waals surface area contributed by atoms with Crippen LogP contribution in [0, 0.1) is 5.92 Å². The highest BCUT2D eigenvalue weighted by Crippen LogP contribution is 2.21. The minimum Gasteiger partial charge on any atom is -0.372 e. The molecule has 1 aliphatic carbocycles. The molecule has 0 aromatic rings. The van der Waals surface area contributed by atoms with E-state index in [4.69, 9.17) is 4.74 Å². The van der Waals surface area contributed by atoms with Crippen LogP contribution in [0.1, 0.15) is 44.9 Å². The summed E-state index contributed by atoms with van der Waals surface area (Å²) in [5.41, 5.74) is 0. The van der Waals surface area contributed by atoms with Gasteiger partial charge in [-0.25, -0.2) is 0 Å². The third-order valence-corrected chi connectivity index (χ3v) is 3.68. The molecule has 82 valence electrons. The first-order valence-corrected chi connectivity index (χ1v) is 6.38. The van der Waals surface area contributed by atoms with E-state index in [1.54, 1.807) is 0 Å². The monoisotopic (exact) mass is 198 g/mol. The normalized spacial score (nSPS) is 29.6. The third kappa shape index (κ3) is 3.25. The van der Waals surface area contributed by atoms with Gasteiger partial charge in [-0.1, -0.05) is 19.3 Å². The fraction of sp³-hybridized carbons (Fsp3) is 1.00. The first kappa shape index (κ1) is 10.4. The highest BCUT2D eigenvalue weighted by atomic mass is 16.5. The molecule has 0 spiro atoms. The molecule has 2 heteroatoms. The van der Waals surface area contributed by atoms with E-state index in [9.17, 15) is 0 Å². The molecule has 0 aromatic heterocycles. The standard InChI is InChI=1S/C12H23NO/c1-2-5-11(6-3-1)9-13-10-12-7-4-8-14-12/h11-13H,1-10H2/p+1/t12-/m0/s1. The zero-order valence-electron chi connectivity index (χ0n) is 9.21. The molecular formula is C12H24NO+. The van der Waals surface area contributed by atoms with Gasteiger partial charge >= 0.3 is 0 Å². The van der Waals surface area contributed by atoms with Crippen molar-refractivity contribution < 1.29 is 10.1 Å². The molecule has 0 bridgehead atoms. The van der Waals surface area contributed by atoms with E-state index < -0.39 is 0 Å². The number of hydrogen-bond acceptors (Lipinski definition) is 1. The second kappa shape index (κ2) is 5.72. The van der Waals surface area contributed by atoms with Crippen molar-refractivity contribution in [2.75, 3.05) is 19.7 Å². The van der Waals surface area contributed by atoms with Gasteiger partial charge in [0.25, 0.3) is 0 Å². The van der Waals surface area contributed by atoms with Gasteiger partial charge in [0.1, 0.15) is 12.6 Å². The van der Waals surface area contributed by atoms with Gasteiger partial charge in [-0.2, -0.15) is 0 Å². The molecular weight excluding hydrogens is 174 g/mol. The fourth-order valence-electron chi connectivity index (χ4n) is 2.77. The minimum absolute atomic E-state index is 0.568. The summed E-state index contributed by atoms with van der Waals surface area (Å²) in [6, 6.07) is 0. The number of quaternary nitrogens is 1. The molecule has 2 aliphatic rings. The highest BCUT2D eigenvalue weighted by Gasteiger charge is 2.19. The van der Waals surface area contributed by atoms with E-state index in [1.165, 1.54) is 58.0 Å². The summed E-state index contributed by atoms with van der Waals surface area (Å²) in [6.45, 7) is 3.55. The van der Waals surface area contributed by atoms with E-state index in [2.05, 4.69) is 5.32 Å².